The minimum Gasteiger partial charge on any atom is -0.324 e. The number of rotatable bonds is 2. The van der Waals surface area contributed by atoms with Gasteiger partial charge in [0.2, 0.25) is 5.91 Å². The molecule has 0 saturated heterocycles. The number of nitrogens with two attached hydrogens (primary N) is 1. The second-order valence-corrected chi connectivity index (χ2v) is 4.78. The van der Waals surface area contributed by atoms with Gasteiger partial charge in [-0.25, -0.2) is 4.39 Å². The number of nitrogens with one attached hydrogen (secondary N) is 1. The van der Waals surface area contributed by atoms with Gasteiger partial charge in [-0.05, 0) is 43.5 Å². The van der Waals surface area contributed by atoms with Gasteiger partial charge in [-0.2, -0.15) is 0 Å². The highest BCUT2D eigenvalue weighted by Gasteiger charge is 2.37. The summed E-state index contributed by atoms with van der Waals surface area (Å²) in [6, 6.07) is 4.30. The van der Waals surface area contributed by atoms with Crippen LogP contribution in [0.15, 0.2) is 18.2 Å². The standard InChI is InChI=1S/C13H17FN2O/c1-9-8-10(14)4-5-11(9)16-12(17)13(15)6-2-3-7-13/h4-5,8H,2-3,6-7,15H2,1H3,(H,16,17). The van der Waals surface area contributed by atoms with Crippen LogP contribution in [0.25, 0.3) is 0 Å². The van der Waals surface area contributed by atoms with Crippen molar-refractivity contribution in [2.75, 3.05) is 5.32 Å². The number of amides is 1. The van der Waals surface area contributed by atoms with Crippen LogP contribution in [0.5, 0.6) is 0 Å². The lowest BCUT2D eigenvalue weighted by molar-refractivity contribution is -0.121. The lowest BCUT2D eigenvalue weighted by atomic mass is 9.98. The van der Waals surface area contributed by atoms with Gasteiger partial charge in [-0.1, -0.05) is 12.8 Å². The number of carbonyl (C=O) groups excluding carboxylic acids is 1. The minimum atomic E-state index is -0.749. The smallest absolute Gasteiger partial charge is 0.244 e. The fourth-order valence-electron chi connectivity index (χ4n) is 2.25. The molecule has 4 heteroatoms. The van der Waals surface area contributed by atoms with Crippen LogP contribution in [-0.2, 0) is 4.79 Å². The number of aryl methyl sites for hydroxylation is 1. The van der Waals surface area contributed by atoms with E-state index in [2.05, 4.69) is 5.32 Å². The first-order valence-electron chi connectivity index (χ1n) is 5.88. The number of hydrogen-bond acceptors (Lipinski definition) is 2. The molecule has 1 saturated carbocycles. The third-order valence-corrected chi connectivity index (χ3v) is 3.38. The molecule has 92 valence electrons. The molecule has 0 atom stereocenters. The predicted octanol–water partition coefficient (Wildman–Crippen LogP) is 2.34. The summed E-state index contributed by atoms with van der Waals surface area (Å²) in [6.45, 7) is 1.76. The molecule has 1 aromatic carbocycles. The van der Waals surface area contributed by atoms with Crippen molar-refractivity contribution in [3.63, 3.8) is 0 Å². The average molecular weight is 236 g/mol. The summed E-state index contributed by atoms with van der Waals surface area (Å²) in [4.78, 5) is 12.0. The summed E-state index contributed by atoms with van der Waals surface area (Å²) in [7, 11) is 0. The van der Waals surface area contributed by atoms with E-state index < -0.39 is 5.54 Å². The topological polar surface area (TPSA) is 55.1 Å². The van der Waals surface area contributed by atoms with E-state index in [1.165, 1.54) is 12.1 Å². The summed E-state index contributed by atoms with van der Waals surface area (Å²) in [6.07, 6.45) is 3.43. The van der Waals surface area contributed by atoms with E-state index in [-0.39, 0.29) is 11.7 Å². The third-order valence-electron chi connectivity index (χ3n) is 3.38. The van der Waals surface area contributed by atoms with E-state index in [0.29, 0.717) is 11.3 Å². The molecule has 17 heavy (non-hydrogen) atoms. The first-order valence-corrected chi connectivity index (χ1v) is 5.88. The van der Waals surface area contributed by atoms with E-state index in [0.717, 1.165) is 25.7 Å². The Labute approximate surface area is 100 Å². The van der Waals surface area contributed by atoms with Gasteiger partial charge in [0.15, 0.2) is 0 Å². The second kappa shape index (κ2) is 4.45. The van der Waals surface area contributed by atoms with Gasteiger partial charge >= 0.3 is 0 Å². The van der Waals surface area contributed by atoms with Crippen LogP contribution >= 0.6 is 0 Å². The summed E-state index contributed by atoms with van der Waals surface area (Å²) >= 11 is 0. The summed E-state index contributed by atoms with van der Waals surface area (Å²) in [5.74, 6) is -0.464. The average Bonchev–Trinajstić information content (AvgIpc) is 2.71. The molecule has 1 aromatic rings. The molecule has 0 aliphatic heterocycles. The number of hydrogen-bond donors (Lipinski definition) is 2. The van der Waals surface area contributed by atoms with Crippen LogP contribution in [-0.4, -0.2) is 11.4 Å². The summed E-state index contributed by atoms with van der Waals surface area (Å²) in [5, 5.41) is 2.79. The molecule has 0 radical (unpaired) electrons. The second-order valence-electron chi connectivity index (χ2n) is 4.78. The van der Waals surface area contributed by atoms with Gasteiger partial charge in [0, 0.05) is 5.69 Å². The molecule has 2 rings (SSSR count). The van der Waals surface area contributed by atoms with Crippen molar-refractivity contribution >= 4 is 11.6 Å². The minimum absolute atomic E-state index is 0.162. The normalized spacial score (nSPS) is 18.1. The maximum Gasteiger partial charge on any atom is 0.244 e. The zero-order chi connectivity index (χ0) is 12.5. The first-order chi connectivity index (χ1) is 8.01. The van der Waals surface area contributed by atoms with Crippen LogP contribution in [0.4, 0.5) is 10.1 Å². The molecule has 1 aliphatic carbocycles. The van der Waals surface area contributed by atoms with Crippen LogP contribution in [0.3, 0.4) is 0 Å². The SMILES string of the molecule is Cc1cc(F)ccc1NC(=O)C1(N)CCCC1. The molecule has 1 aliphatic rings. The maximum absolute atomic E-state index is 12.9. The Morgan fingerprint density at radius 2 is 2.06 bits per heavy atom. The molecule has 0 bridgehead atoms. The molecular weight excluding hydrogens is 219 g/mol. The first kappa shape index (κ1) is 12.0. The molecule has 0 aromatic heterocycles. The number of halogens is 1. The third kappa shape index (κ3) is 2.47. The van der Waals surface area contributed by atoms with Gasteiger partial charge < -0.3 is 11.1 Å². The highest BCUT2D eigenvalue weighted by molar-refractivity contribution is 5.98. The van der Waals surface area contributed by atoms with Gasteiger partial charge in [-0.3, -0.25) is 4.79 Å². The van der Waals surface area contributed by atoms with E-state index in [4.69, 9.17) is 5.73 Å². The number of anilines is 1. The van der Waals surface area contributed by atoms with Crippen molar-refractivity contribution < 1.29 is 9.18 Å². The van der Waals surface area contributed by atoms with Crippen molar-refractivity contribution in [3.05, 3.63) is 29.6 Å². The molecular formula is C13H17FN2O. The van der Waals surface area contributed by atoms with Crippen LogP contribution in [0, 0.1) is 12.7 Å². The summed E-state index contributed by atoms with van der Waals surface area (Å²) < 4.78 is 12.9. The molecule has 0 spiro atoms. The maximum atomic E-state index is 12.9. The van der Waals surface area contributed by atoms with E-state index in [9.17, 15) is 9.18 Å². The Hall–Kier alpha value is -1.42. The highest BCUT2D eigenvalue weighted by atomic mass is 19.1. The van der Waals surface area contributed by atoms with E-state index in [1.807, 2.05) is 0 Å². The summed E-state index contributed by atoms with van der Waals surface area (Å²) in [5.41, 5.74) is 6.64. The van der Waals surface area contributed by atoms with Crippen molar-refractivity contribution in [2.45, 2.75) is 38.1 Å². The number of carbonyl (C=O) groups is 1. The molecule has 0 heterocycles. The lowest BCUT2D eigenvalue weighted by Crippen LogP contribution is -2.48. The van der Waals surface area contributed by atoms with Gasteiger partial charge in [0.05, 0.1) is 5.54 Å². The fourth-order valence-corrected chi connectivity index (χ4v) is 2.25. The Morgan fingerprint density at radius 3 is 2.65 bits per heavy atom. The largest absolute Gasteiger partial charge is 0.324 e. The van der Waals surface area contributed by atoms with E-state index in [1.54, 1.807) is 13.0 Å². The Kier molecular flexibility index (Phi) is 3.15. The van der Waals surface area contributed by atoms with Gasteiger partial charge in [0.1, 0.15) is 5.82 Å². The van der Waals surface area contributed by atoms with Crippen LogP contribution < -0.4 is 11.1 Å². The fraction of sp³-hybridized carbons (Fsp3) is 0.462. The van der Waals surface area contributed by atoms with Crippen molar-refractivity contribution in [2.24, 2.45) is 5.73 Å². The predicted molar refractivity (Wildman–Crippen MR) is 65.2 cm³/mol. The molecule has 0 unspecified atom stereocenters. The highest BCUT2D eigenvalue weighted by Crippen LogP contribution is 2.29. The monoisotopic (exact) mass is 236 g/mol. The van der Waals surface area contributed by atoms with Crippen LogP contribution in [0.2, 0.25) is 0 Å². The number of benzene rings is 1. The van der Waals surface area contributed by atoms with Crippen molar-refractivity contribution in [1.82, 2.24) is 0 Å². The van der Waals surface area contributed by atoms with Gasteiger partial charge in [0.25, 0.3) is 0 Å². The Balaban J connectivity index is 2.13. The van der Waals surface area contributed by atoms with Gasteiger partial charge in [-0.15, -0.1) is 0 Å². The Bertz CT molecular complexity index is 439. The molecule has 3 nitrogen and oxygen atoms in total. The zero-order valence-electron chi connectivity index (χ0n) is 9.92. The van der Waals surface area contributed by atoms with Crippen molar-refractivity contribution in [3.8, 4) is 0 Å². The Morgan fingerprint density at radius 1 is 1.41 bits per heavy atom. The quantitative estimate of drug-likeness (QED) is 0.828. The van der Waals surface area contributed by atoms with Crippen molar-refractivity contribution in [1.29, 1.82) is 0 Å². The van der Waals surface area contributed by atoms with Crippen LogP contribution in [0.1, 0.15) is 31.2 Å². The molecule has 3 N–H and O–H groups in total. The lowest BCUT2D eigenvalue weighted by Gasteiger charge is -2.22. The van der Waals surface area contributed by atoms with E-state index >= 15 is 0 Å². The molecule has 1 amide bonds. The molecule has 1 fully saturated rings. The zero-order valence-corrected chi connectivity index (χ0v) is 9.92.